The number of fused-ring (bicyclic) bond motifs is 2. The first-order chi connectivity index (χ1) is 19.5. The highest BCUT2D eigenvalue weighted by atomic mass is 19.1. The fourth-order valence-electron chi connectivity index (χ4n) is 5.05. The number of carbonyl (C=O) groups is 1. The van der Waals surface area contributed by atoms with Crippen LogP contribution >= 0.6 is 0 Å². The van der Waals surface area contributed by atoms with Gasteiger partial charge in [-0.3, -0.25) is 4.79 Å². The van der Waals surface area contributed by atoms with Crippen molar-refractivity contribution < 1.29 is 13.9 Å². The normalized spacial score (nSPS) is 12.3. The van der Waals surface area contributed by atoms with Crippen LogP contribution in [0.3, 0.4) is 0 Å². The lowest BCUT2D eigenvalue weighted by Gasteiger charge is -2.23. The topological polar surface area (TPSA) is 69.5 Å². The second-order valence-corrected chi connectivity index (χ2v) is 9.56. The van der Waals surface area contributed by atoms with E-state index in [0.717, 1.165) is 16.8 Å². The lowest BCUT2D eigenvalue weighted by molar-refractivity contribution is -0.119. The number of methoxy groups -OCH3 is 1. The maximum Gasteiger partial charge on any atom is 0.247 e. The molecular weight excluding hydrogens is 507 g/mol. The van der Waals surface area contributed by atoms with Crippen molar-refractivity contribution in [3.05, 3.63) is 125 Å². The molecule has 1 aliphatic heterocycles. The van der Waals surface area contributed by atoms with Gasteiger partial charge in [-0.05, 0) is 29.8 Å². The van der Waals surface area contributed by atoms with Gasteiger partial charge in [-0.2, -0.15) is 0 Å². The minimum absolute atomic E-state index is 0.0332. The highest BCUT2D eigenvalue weighted by Gasteiger charge is 2.28. The average molecular weight is 533 g/mol. The van der Waals surface area contributed by atoms with Crippen LogP contribution in [-0.4, -0.2) is 32.1 Å². The van der Waals surface area contributed by atoms with E-state index in [4.69, 9.17) is 16.3 Å². The lowest BCUT2D eigenvalue weighted by Crippen LogP contribution is -2.34. The molecule has 0 saturated carbocycles. The van der Waals surface area contributed by atoms with Gasteiger partial charge in [-0.15, -0.1) is 0 Å². The molecule has 9 heteroatoms. The Hall–Kier alpha value is -5.23. The smallest absolute Gasteiger partial charge is 0.247 e. The van der Waals surface area contributed by atoms with Gasteiger partial charge in [0, 0.05) is 35.6 Å². The first kappa shape index (κ1) is 25.1. The van der Waals surface area contributed by atoms with Crippen molar-refractivity contribution in [1.29, 1.82) is 0 Å². The highest BCUT2D eigenvalue weighted by molar-refractivity contribution is 5.94. The van der Waals surface area contributed by atoms with E-state index >= 15 is 4.39 Å². The number of hydrogen-bond acceptors (Lipinski definition) is 4. The quantitative estimate of drug-likeness (QED) is 0.266. The molecule has 40 heavy (non-hydrogen) atoms. The standard InChI is InChI=1S/C31H25FN6O2/c1-33-22-12-10-21(11-13-22)14-23-15-34-20-37(23)19-31(39)38-18-30-35-27(24-6-3-4-9-29(24)40-2)17-36(30)16-25-26(32)7-5-8-28(25)38/h3-13,15,17,20H,14,16,18-19H2,2H3. The van der Waals surface area contributed by atoms with Crippen molar-refractivity contribution >= 4 is 17.3 Å². The maximum absolute atomic E-state index is 15.1. The largest absolute Gasteiger partial charge is 0.496 e. The zero-order chi connectivity index (χ0) is 27.6. The number of hydrogen-bond donors (Lipinski definition) is 0. The molecule has 0 atom stereocenters. The summed E-state index contributed by atoms with van der Waals surface area (Å²) in [5.74, 6) is 0.758. The van der Waals surface area contributed by atoms with Crippen LogP contribution in [0, 0.1) is 12.4 Å². The third kappa shape index (κ3) is 4.71. The van der Waals surface area contributed by atoms with E-state index in [-0.39, 0.29) is 31.4 Å². The van der Waals surface area contributed by atoms with Gasteiger partial charge >= 0.3 is 0 Å². The van der Waals surface area contributed by atoms with Gasteiger partial charge in [-0.1, -0.05) is 42.5 Å². The van der Waals surface area contributed by atoms with Gasteiger partial charge in [-0.25, -0.2) is 19.2 Å². The molecule has 0 bridgehead atoms. The molecule has 3 heterocycles. The fraction of sp³-hybridized carbons (Fsp3) is 0.161. The number of rotatable bonds is 6. The van der Waals surface area contributed by atoms with Crippen LogP contribution < -0.4 is 9.64 Å². The average Bonchev–Trinajstić information content (AvgIpc) is 3.55. The Labute approximate surface area is 230 Å². The van der Waals surface area contributed by atoms with Crippen molar-refractivity contribution in [3.8, 4) is 17.0 Å². The SMILES string of the molecule is [C-]#[N+]c1ccc(Cc2cncn2CC(=O)N2Cc3nc(-c4ccccc4OC)cn3Cc3c(F)cccc32)cc1. The van der Waals surface area contributed by atoms with Crippen molar-refractivity contribution in [2.45, 2.75) is 26.1 Å². The molecule has 1 aliphatic rings. The monoisotopic (exact) mass is 532 g/mol. The van der Waals surface area contributed by atoms with Gasteiger partial charge in [0.15, 0.2) is 5.69 Å². The molecule has 0 fully saturated rings. The molecule has 8 nitrogen and oxygen atoms in total. The Morgan fingerprint density at radius 3 is 2.70 bits per heavy atom. The molecule has 0 radical (unpaired) electrons. The molecule has 0 saturated heterocycles. The number of halogens is 1. The molecule has 6 rings (SSSR count). The fourth-order valence-corrected chi connectivity index (χ4v) is 5.05. The van der Waals surface area contributed by atoms with Crippen LogP contribution in [0.25, 0.3) is 16.1 Å². The summed E-state index contributed by atoms with van der Waals surface area (Å²) in [5, 5.41) is 0. The number of amides is 1. The molecule has 0 N–H and O–H groups in total. The Balaban J connectivity index is 1.31. The number of imidazole rings is 2. The Bertz CT molecular complexity index is 1750. The van der Waals surface area contributed by atoms with Crippen molar-refractivity contribution in [2.24, 2.45) is 0 Å². The summed E-state index contributed by atoms with van der Waals surface area (Å²) in [6, 6.07) is 19.8. The van der Waals surface area contributed by atoms with Crippen LogP contribution in [-0.2, 0) is 30.8 Å². The van der Waals surface area contributed by atoms with E-state index in [2.05, 4.69) is 9.83 Å². The molecule has 0 spiro atoms. The van der Waals surface area contributed by atoms with Crippen LogP contribution in [0.5, 0.6) is 5.75 Å². The maximum atomic E-state index is 15.1. The Morgan fingerprint density at radius 2 is 1.90 bits per heavy atom. The first-order valence-electron chi connectivity index (χ1n) is 12.8. The summed E-state index contributed by atoms with van der Waals surface area (Å²) >= 11 is 0. The summed E-state index contributed by atoms with van der Waals surface area (Å²) in [5.41, 5.74) is 4.93. The van der Waals surface area contributed by atoms with Gasteiger partial charge in [0.2, 0.25) is 5.91 Å². The minimum Gasteiger partial charge on any atom is -0.496 e. The molecule has 1 amide bonds. The summed E-state index contributed by atoms with van der Waals surface area (Å²) in [4.78, 5) is 28.0. The van der Waals surface area contributed by atoms with Crippen LogP contribution in [0.1, 0.15) is 22.6 Å². The Morgan fingerprint density at radius 1 is 1.07 bits per heavy atom. The number of ether oxygens (including phenoxy) is 1. The summed E-state index contributed by atoms with van der Waals surface area (Å²) < 4.78 is 24.4. The molecule has 0 unspecified atom stereocenters. The van der Waals surface area contributed by atoms with Gasteiger partial charge in [0.25, 0.3) is 0 Å². The third-order valence-electron chi connectivity index (χ3n) is 7.11. The zero-order valence-corrected chi connectivity index (χ0v) is 21.8. The molecule has 2 aromatic heterocycles. The van der Waals surface area contributed by atoms with Gasteiger partial charge < -0.3 is 18.8 Å². The second-order valence-electron chi connectivity index (χ2n) is 9.56. The molecule has 0 aliphatic carbocycles. The number of carbonyl (C=O) groups excluding carboxylic acids is 1. The van der Waals surface area contributed by atoms with Crippen molar-refractivity contribution in [2.75, 3.05) is 12.0 Å². The summed E-state index contributed by atoms with van der Waals surface area (Å²) in [7, 11) is 1.61. The van der Waals surface area contributed by atoms with E-state index in [1.165, 1.54) is 6.07 Å². The number of anilines is 1. The van der Waals surface area contributed by atoms with E-state index in [9.17, 15) is 4.79 Å². The van der Waals surface area contributed by atoms with Crippen LogP contribution in [0.15, 0.2) is 85.5 Å². The highest BCUT2D eigenvalue weighted by Crippen LogP contribution is 2.34. The zero-order valence-electron chi connectivity index (χ0n) is 21.8. The number of nitrogens with zero attached hydrogens (tertiary/aromatic N) is 6. The van der Waals surface area contributed by atoms with E-state index in [0.29, 0.717) is 40.6 Å². The first-order valence-corrected chi connectivity index (χ1v) is 12.8. The summed E-state index contributed by atoms with van der Waals surface area (Å²) in [6.07, 6.45) is 5.80. The predicted octanol–water partition coefficient (Wildman–Crippen LogP) is 5.63. The summed E-state index contributed by atoms with van der Waals surface area (Å²) in [6.45, 7) is 7.61. The van der Waals surface area contributed by atoms with E-state index < -0.39 is 0 Å². The lowest BCUT2D eigenvalue weighted by atomic mass is 10.1. The van der Waals surface area contributed by atoms with Crippen LogP contribution in [0.4, 0.5) is 15.8 Å². The van der Waals surface area contributed by atoms with E-state index in [1.54, 1.807) is 48.8 Å². The molecule has 5 aromatic rings. The molecule has 198 valence electrons. The predicted molar refractivity (Wildman–Crippen MR) is 149 cm³/mol. The van der Waals surface area contributed by atoms with Gasteiger partial charge in [0.1, 0.15) is 23.9 Å². The molecular formula is C31H25FN6O2. The van der Waals surface area contributed by atoms with Crippen molar-refractivity contribution in [3.63, 3.8) is 0 Å². The number of para-hydroxylation sites is 1. The second kappa shape index (κ2) is 10.5. The van der Waals surface area contributed by atoms with Gasteiger partial charge in [0.05, 0.1) is 44.5 Å². The number of aromatic nitrogens is 4. The van der Waals surface area contributed by atoms with Crippen molar-refractivity contribution in [1.82, 2.24) is 19.1 Å². The Kier molecular flexibility index (Phi) is 6.58. The van der Waals surface area contributed by atoms with E-state index in [1.807, 2.05) is 51.7 Å². The molecule has 3 aromatic carbocycles. The third-order valence-corrected chi connectivity index (χ3v) is 7.11. The minimum atomic E-state index is -0.373. The van der Waals surface area contributed by atoms with Crippen LogP contribution in [0.2, 0.25) is 0 Å². The number of benzene rings is 3.